The van der Waals surface area contributed by atoms with Gasteiger partial charge in [-0.25, -0.2) is 4.98 Å². The number of pyridine rings is 1. The van der Waals surface area contributed by atoms with Crippen molar-refractivity contribution in [3.63, 3.8) is 0 Å². The summed E-state index contributed by atoms with van der Waals surface area (Å²) in [4.78, 5) is 16.4. The van der Waals surface area contributed by atoms with Gasteiger partial charge in [-0.1, -0.05) is 37.6 Å². The van der Waals surface area contributed by atoms with E-state index in [1.165, 1.54) is 6.08 Å². The van der Waals surface area contributed by atoms with Gasteiger partial charge in [-0.15, -0.1) is 0 Å². The minimum Gasteiger partial charge on any atom is -0.393 e. The normalized spacial score (nSPS) is 13.4. The van der Waals surface area contributed by atoms with Crippen molar-refractivity contribution in [1.82, 2.24) is 10.3 Å². The summed E-state index contributed by atoms with van der Waals surface area (Å²) in [5.74, 6) is -0.179. The molecule has 0 aliphatic rings. The van der Waals surface area contributed by atoms with Crippen molar-refractivity contribution in [3.05, 3.63) is 47.1 Å². The van der Waals surface area contributed by atoms with Crippen LogP contribution < -0.4 is 5.32 Å². The molecule has 1 unspecified atom stereocenters. The molecule has 2 aromatic rings. The van der Waals surface area contributed by atoms with Crippen LogP contribution in [0.25, 0.3) is 17.0 Å². The van der Waals surface area contributed by atoms with Gasteiger partial charge in [-0.3, -0.25) is 4.79 Å². The Morgan fingerprint density at radius 3 is 2.79 bits per heavy atom. The lowest BCUT2D eigenvalue weighted by molar-refractivity contribution is -0.117. The molecule has 0 saturated carbocycles. The van der Waals surface area contributed by atoms with E-state index in [-0.39, 0.29) is 17.4 Å². The van der Waals surface area contributed by atoms with Gasteiger partial charge in [-0.2, -0.15) is 0 Å². The van der Waals surface area contributed by atoms with Crippen molar-refractivity contribution in [3.8, 4) is 0 Å². The highest BCUT2D eigenvalue weighted by molar-refractivity contribution is 6.31. The molecule has 0 aliphatic carbocycles. The smallest absolute Gasteiger partial charge is 0.244 e. The fourth-order valence-electron chi connectivity index (χ4n) is 2.62. The number of nitrogens with zero attached hydrogens (tertiary/aromatic N) is 1. The summed E-state index contributed by atoms with van der Waals surface area (Å²) < 4.78 is 0. The first-order chi connectivity index (χ1) is 11.2. The number of nitrogens with one attached hydrogen (secondary N) is 1. The molecule has 0 bridgehead atoms. The monoisotopic (exact) mass is 346 g/mol. The highest BCUT2D eigenvalue weighted by Gasteiger charge is 2.20. The predicted molar refractivity (Wildman–Crippen MR) is 98.9 cm³/mol. The van der Waals surface area contributed by atoms with Crippen molar-refractivity contribution in [2.75, 3.05) is 6.54 Å². The van der Waals surface area contributed by atoms with Crippen molar-refractivity contribution in [1.29, 1.82) is 0 Å². The summed E-state index contributed by atoms with van der Waals surface area (Å²) in [6.07, 6.45) is 3.39. The minimum atomic E-state index is -0.388. The van der Waals surface area contributed by atoms with Gasteiger partial charge in [0.25, 0.3) is 0 Å². The summed E-state index contributed by atoms with van der Waals surface area (Å²) >= 11 is 5.98. The first-order valence-corrected chi connectivity index (χ1v) is 8.33. The maximum Gasteiger partial charge on any atom is 0.244 e. The topological polar surface area (TPSA) is 62.2 Å². The second kappa shape index (κ2) is 7.77. The van der Waals surface area contributed by atoms with E-state index in [2.05, 4.69) is 10.3 Å². The SMILES string of the molecule is CC(O)CC(C)(C)CNC(=O)/C=C/c1ccc2ccc(Cl)cc2n1. The summed E-state index contributed by atoms with van der Waals surface area (Å²) in [5.41, 5.74) is 1.33. The molecule has 2 N–H and O–H groups in total. The number of carbonyl (C=O) groups is 1. The number of fused-ring (bicyclic) bond motifs is 1. The molecule has 0 spiro atoms. The van der Waals surface area contributed by atoms with Crippen LogP contribution >= 0.6 is 11.6 Å². The zero-order valence-corrected chi connectivity index (χ0v) is 15.0. The number of benzene rings is 1. The average Bonchev–Trinajstić information content (AvgIpc) is 2.49. The number of rotatable bonds is 6. The average molecular weight is 347 g/mol. The molecule has 1 aromatic carbocycles. The maximum atomic E-state index is 12.0. The summed E-state index contributed by atoms with van der Waals surface area (Å²) in [6.45, 7) is 6.28. The van der Waals surface area contributed by atoms with E-state index in [1.54, 1.807) is 19.1 Å². The third-order valence-corrected chi connectivity index (χ3v) is 3.91. The molecular weight excluding hydrogens is 324 g/mol. The Bertz CT molecular complexity index is 754. The molecule has 128 valence electrons. The highest BCUT2D eigenvalue weighted by Crippen LogP contribution is 2.21. The Hall–Kier alpha value is -1.91. The Kier molecular flexibility index (Phi) is 5.97. The molecule has 1 amide bonds. The molecule has 1 aromatic heterocycles. The second-order valence-electron chi connectivity index (χ2n) is 6.84. The zero-order chi connectivity index (χ0) is 17.7. The number of hydrogen-bond donors (Lipinski definition) is 2. The Labute approximate surface area is 147 Å². The zero-order valence-electron chi connectivity index (χ0n) is 14.2. The van der Waals surface area contributed by atoms with E-state index >= 15 is 0 Å². The fourth-order valence-corrected chi connectivity index (χ4v) is 2.78. The molecule has 4 nitrogen and oxygen atoms in total. The third-order valence-electron chi connectivity index (χ3n) is 3.67. The molecule has 0 saturated heterocycles. The van der Waals surface area contributed by atoms with Crippen molar-refractivity contribution < 1.29 is 9.90 Å². The number of carbonyl (C=O) groups excluding carboxylic acids is 1. The molecule has 2 rings (SSSR count). The number of amides is 1. The van der Waals surface area contributed by atoms with Gasteiger partial charge in [0.05, 0.1) is 17.3 Å². The molecule has 0 radical (unpaired) electrons. The van der Waals surface area contributed by atoms with Crippen LogP contribution in [0.5, 0.6) is 0 Å². The van der Waals surface area contributed by atoms with Crippen LogP contribution in [0.2, 0.25) is 5.02 Å². The van der Waals surface area contributed by atoms with Gasteiger partial charge >= 0.3 is 0 Å². The van der Waals surface area contributed by atoms with Crippen LogP contribution in [-0.2, 0) is 4.79 Å². The lowest BCUT2D eigenvalue weighted by atomic mass is 9.87. The van der Waals surface area contributed by atoms with Crippen molar-refractivity contribution in [2.45, 2.75) is 33.3 Å². The molecular formula is C19H23ClN2O2. The number of halogens is 1. The largest absolute Gasteiger partial charge is 0.393 e. The molecule has 24 heavy (non-hydrogen) atoms. The second-order valence-corrected chi connectivity index (χ2v) is 7.28. The van der Waals surface area contributed by atoms with Crippen LogP contribution in [-0.4, -0.2) is 28.6 Å². The maximum absolute atomic E-state index is 12.0. The summed E-state index contributed by atoms with van der Waals surface area (Å²) in [5, 5.41) is 14.0. The van der Waals surface area contributed by atoms with Crippen LogP contribution in [0, 0.1) is 5.41 Å². The molecule has 0 aliphatic heterocycles. The number of aromatic nitrogens is 1. The quantitative estimate of drug-likeness (QED) is 0.782. The van der Waals surface area contributed by atoms with Gasteiger partial charge in [-0.05, 0) is 43.0 Å². The van der Waals surface area contributed by atoms with Crippen molar-refractivity contribution >= 4 is 34.5 Å². The highest BCUT2D eigenvalue weighted by atomic mass is 35.5. The van der Waals surface area contributed by atoms with E-state index in [0.717, 1.165) is 10.9 Å². The van der Waals surface area contributed by atoms with Gasteiger partial charge in [0, 0.05) is 23.0 Å². The van der Waals surface area contributed by atoms with E-state index < -0.39 is 0 Å². The van der Waals surface area contributed by atoms with Gasteiger partial charge in [0.2, 0.25) is 5.91 Å². The van der Waals surface area contributed by atoms with Crippen LogP contribution in [0.1, 0.15) is 32.9 Å². The van der Waals surface area contributed by atoms with Crippen LogP contribution in [0.3, 0.4) is 0 Å². The first-order valence-electron chi connectivity index (χ1n) is 7.95. The summed E-state index contributed by atoms with van der Waals surface area (Å²) in [7, 11) is 0. The van der Waals surface area contributed by atoms with E-state index in [0.29, 0.717) is 23.7 Å². The van der Waals surface area contributed by atoms with Crippen LogP contribution in [0.4, 0.5) is 0 Å². The summed E-state index contributed by atoms with van der Waals surface area (Å²) in [6, 6.07) is 9.34. The first kappa shape index (κ1) is 18.4. The van der Waals surface area contributed by atoms with E-state index in [1.807, 2.05) is 38.1 Å². The van der Waals surface area contributed by atoms with E-state index in [4.69, 9.17) is 11.6 Å². The Morgan fingerprint density at radius 1 is 1.38 bits per heavy atom. The number of aliphatic hydroxyl groups is 1. The molecule has 5 heteroatoms. The number of hydrogen-bond acceptors (Lipinski definition) is 3. The molecule has 0 fully saturated rings. The lowest BCUT2D eigenvalue weighted by Gasteiger charge is -2.26. The van der Waals surface area contributed by atoms with Crippen LogP contribution in [0.15, 0.2) is 36.4 Å². The lowest BCUT2D eigenvalue weighted by Crippen LogP contribution is -2.34. The van der Waals surface area contributed by atoms with Crippen molar-refractivity contribution in [2.24, 2.45) is 5.41 Å². The third kappa shape index (κ3) is 5.62. The molecule has 1 heterocycles. The van der Waals surface area contributed by atoms with Gasteiger partial charge < -0.3 is 10.4 Å². The number of aliphatic hydroxyl groups excluding tert-OH is 1. The molecule has 1 atom stereocenters. The fraction of sp³-hybridized carbons (Fsp3) is 0.368. The predicted octanol–water partition coefficient (Wildman–Crippen LogP) is 3.81. The minimum absolute atomic E-state index is 0.157. The Balaban J connectivity index is 1.98. The van der Waals surface area contributed by atoms with E-state index in [9.17, 15) is 9.90 Å². The standard InChI is InChI=1S/C19H23ClN2O2/c1-13(23)11-19(2,3)12-21-18(24)9-8-16-7-5-14-4-6-15(20)10-17(14)22-16/h4-10,13,23H,11-12H2,1-3H3,(H,21,24)/b9-8+. The Morgan fingerprint density at radius 2 is 2.08 bits per heavy atom. The van der Waals surface area contributed by atoms with Gasteiger partial charge in [0.15, 0.2) is 0 Å². The van der Waals surface area contributed by atoms with Gasteiger partial charge in [0.1, 0.15) is 0 Å².